The van der Waals surface area contributed by atoms with E-state index in [9.17, 15) is 0 Å². The maximum Gasteiger partial charge on any atom is 0.0237 e. The largest absolute Gasteiger partial charge is 0.315 e. The van der Waals surface area contributed by atoms with Crippen molar-refractivity contribution in [2.45, 2.75) is 52.1 Å². The zero-order valence-corrected chi connectivity index (χ0v) is 12.5. The van der Waals surface area contributed by atoms with Crippen molar-refractivity contribution in [3.05, 3.63) is 35.4 Å². The quantitative estimate of drug-likeness (QED) is 0.789. The summed E-state index contributed by atoms with van der Waals surface area (Å²) in [6, 6.07) is 9.67. The SMILES string of the molecule is CCCNCC1CCCCN1Cc1cccc(C)c1. The summed E-state index contributed by atoms with van der Waals surface area (Å²) in [6.07, 6.45) is 5.33. The number of hydrogen-bond donors (Lipinski definition) is 1. The van der Waals surface area contributed by atoms with Gasteiger partial charge >= 0.3 is 0 Å². The molecule has 0 aromatic heterocycles. The van der Waals surface area contributed by atoms with Crippen molar-refractivity contribution in [3.63, 3.8) is 0 Å². The highest BCUT2D eigenvalue weighted by Crippen LogP contribution is 2.19. The molecule has 1 fully saturated rings. The molecule has 0 bridgehead atoms. The van der Waals surface area contributed by atoms with Gasteiger partial charge in [0.05, 0.1) is 0 Å². The van der Waals surface area contributed by atoms with Crippen LogP contribution in [0.25, 0.3) is 0 Å². The maximum atomic E-state index is 3.59. The molecule has 1 heterocycles. The van der Waals surface area contributed by atoms with Crippen LogP contribution >= 0.6 is 0 Å². The molecular weight excluding hydrogens is 232 g/mol. The van der Waals surface area contributed by atoms with Crippen LogP contribution in [0.5, 0.6) is 0 Å². The first-order valence-corrected chi connectivity index (χ1v) is 7.80. The van der Waals surface area contributed by atoms with Crippen molar-refractivity contribution >= 4 is 0 Å². The Kier molecular flexibility index (Phi) is 5.87. The topological polar surface area (TPSA) is 15.3 Å². The van der Waals surface area contributed by atoms with Gasteiger partial charge in [0.15, 0.2) is 0 Å². The summed E-state index contributed by atoms with van der Waals surface area (Å²) in [5.74, 6) is 0. The van der Waals surface area contributed by atoms with Gasteiger partial charge in [-0.25, -0.2) is 0 Å². The summed E-state index contributed by atoms with van der Waals surface area (Å²) >= 11 is 0. The Morgan fingerprint density at radius 1 is 1.32 bits per heavy atom. The first-order chi connectivity index (χ1) is 9.29. The molecule has 106 valence electrons. The Morgan fingerprint density at radius 2 is 2.21 bits per heavy atom. The molecule has 1 atom stereocenters. The van der Waals surface area contributed by atoms with Crippen LogP contribution in [-0.2, 0) is 6.54 Å². The van der Waals surface area contributed by atoms with E-state index in [-0.39, 0.29) is 0 Å². The third-order valence-electron chi connectivity index (χ3n) is 4.02. The number of aryl methyl sites for hydroxylation is 1. The minimum absolute atomic E-state index is 0.723. The fourth-order valence-corrected chi connectivity index (χ4v) is 2.99. The van der Waals surface area contributed by atoms with Gasteiger partial charge in [-0.1, -0.05) is 43.2 Å². The molecule has 1 aromatic carbocycles. The second-order valence-electron chi connectivity index (χ2n) is 5.81. The molecule has 2 nitrogen and oxygen atoms in total. The van der Waals surface area contributed by atoms with Crippen LogP contribution in [0.4, 0.5) is 0 Å². The van der Waals surface area contributed by atoms with Crippen molar-refractivity contribution in [2.75, 3.05) is 19.6 Å². The summed E-state index contributed by atoms with van der Waals surface area (Å²) in [7, 11) is 0. The van der Waals surface area contributed by atoms with E-state index in [1.165, 1.54) is 43.4 Å². The average Bonchev–Trinajstić information content (AvgIpc) is 2.41. The lowest BCUT2D eigenvalue weighted by Crippen LogP contribution is -2.45. The van der Waals surface area contributed by atoms with Crippen LogP contribution in [0.1, 0.15) is 43.7 Å². The molecule has 2 heteroatoms. The number of hydrogen-bond acceptors (Lipinski definition) is 2. The Bertz CT molecular complexity index is 375. The van der Waals surface area contributed by atoms with Gasteiger partial charge in [-0.2, -0.15) is 0 Å². The van der Waals surface area contributed by atoms with E-state index >= 15 is 0 Å². The zero-order valence-electron chi connectivity index (χ0n) is 12.5. The number of likely N-dealkylation sites (tertiary alicyclic amines) is 1. The Balaban J connectivity index is 1.91. The lowest BCUT2D eigenvalue weighted by molar-refractivity contribution is 0.137. The van der Waals surface area contributed by atoms with Gasteiger partial charge in [-0.15, -0.1) is 0 Å². The number of piperidine rings is 1. The third-order valence-corrected chi connectivity index (χ3v) is 4.02. The molecule has 2 rings (SSSR count). The molecule has 0 saturated carbocycles. The minimum Gasteiger partial charge on any atom is -0.315 e. The molecule has 1 N–H and O–H groups in total. The van der Waals surface area contributed by atoms with Crippen molar-refractivity contribution in [1.82, 2.24) is 10.2 Å². The van der Waals surface area contributed by atoms with Gasteiger partial charge in [0.1, 0.15) is 0 Å². The summed E-state index contributed by atoms with van der Waals surface area (Å²) in [5, 5.41) is 3.59. The Labute approximate surface area is 118 Å². The molecule has 0 amide bonds. The van der Waals surface area contributed by atoms with E-state index in [1.54, 1.807) is 0 Å². The summed E-state index contributed by atoms with van der Waals surface area (Å²) < 4.78 is 0. The van der Waals surface area contributed by atoms with E-state index in [1.807, 2.05) is 0 Å². The number of rotatable bonds is 6. The van der Waals surface area contributed by atoms with E-state index < -0.39 is 0 Å². The normalized spacial score (nSPS) is 20.6. The standard InChI is InChI=1S/C17H28N2/c1-3-10-18-13-17-9-4-5-11-19(17)14-16-8-6-7-15(2)12-16/h6-8,12,17-18H,3-5,9-11,13-14H2,1-2H3. The van der Waals surface area contributed by atoms with E-state index in [2.05, 4.69) is 48.3 Å². The van der Waals surface area contributed by atoms with E-state index in [0.717, 1.165) is 25.7 Å². The predicted octanol–water partition coefficient (Wildman–Crippen LogP) is 3.35. The molecular formula is C17H28N2. The number of benzene rings is 1. The average molecular weight is 260 g/mol. The lowest BCUT2D eigenvalue weighted by Gasteiger charge is -2.36. The van der Waals surface area contributed by atoms with Gasteiger partial charge < -0.3 is 5.32 Å². The molecule has 1 unspecified atom stereocenters. The van der Waals surface area contributed by atoms with Crippen LogP contribution in [0.3, 0.4) is 0 Å². The van der Waals surface area contributed by atoms with Crippen LogP contribution in [0.2, 0.25) is 0 Å². The van der Waals surface area contributed by atoms with Crippen molar-refractivity contribution in [3.8, 4) is 0 Å². The molecule has 0 radical (unpaired) electrons. The number of nitrogens with one attached hydrogen (secondary N) is 1. The van der Waals surface area contributed by atoms with Crippen LogP contribution in [0.15, 0.2) is 24.3 Å². The molecule has 1 aromatic rings. The second kappa shape index (κ2) is 7.66. The van der Waals surface area contributed by atoms with Crippen LogP contribution in [-0.4, -0.2) is 30.6 Å². The van der Waals surface area contributed by atoms with Crippen LogP contribution in [0, 0.1) is 6.92 Å². The third kappa shape index (κ3) is 4.63. The summed E-state index contributed by atoms with van der Waals surface area (Å²) in [4.78, 5) is 2.67. The van der Waals surface area contributed by atoms with Gasteiger partial charge in [0.25, 0.3) is 0 Å². The molecule has 0 aliphatic carbocycles. The highest BCUT2D eigenvalue weighted by Gasteiger charge is 2.21. The summed E-state index contributed by atoms with van der Waals surface area (Å²) in [6.45, 7) is 9.08. The van der Waals surface area contributed by atoms with Gasteiger partial charge in [0.2, 0.25) is 0 Å². The highest BCUT2D eigenvalue weighted by atomic mass is 15.2. The minimum atomic E-state index is 0.723. The van der Waals surface area contributed by atoms with E-state index in [0.29, 0.717) is 0 Å². The molecule has 1 aliphatic rings. The summed E-state index contributed by atoms with van der Waals surface area (Å²) in [5.41, 5.74) is 2.83. The van der Waals surface area contributed by atoms with Crippen LogP contribution < -0.4 is 5.32 Å². The molecule has 1 saturated heterocycles. The maximum absolute atomic E-state index is 3.59. The predicted molar refractivity (Wildman–Crippen MR) is 82.4 cm³/mol. The molecule has 1 aliphatic heterocycles. The smallest absolute Gasteiger partial charge is 0.0237 e. The lowest BCUT2D eigenvalue weighted by atomic mass is 10.0. The van der Waals surface area contributed by atoms with Gasteiger partial charge in [0, 0.05) is 19.1 Å². The highest BCUT2D eigenvalue weighted by molar-refractivity contribution is 5.22. The van der Waals surface area contributed by atoms with Crippen molar-refractivity contribution < 1.29 is 0 Å². The fourth-order valence-electron chi connectivity index (χ4n) is 2.99. The molecule has 0 spiro atoms. The fraction of sp³-hybridized carbons (Fsp3) is 0.647. The van der Waals surface area contributed by atoms with Crippen molar-refractivity contribution in [2.24, 2.45) is 0 Å². The number of nitrogens with zero attached hydrogens (tertiary/aromatic N) is 1. The second-order valence-corrected chi connectivity index (χ2v) is 5.81. The van der Waals surface area contributed by atoms with Crippen molar-refractivity contribution in [1.29, 1.82) is 0 Å². The monoisotopic (exact) mass is 260 g/mol. The first-order valence-electron chi connectivity index (χ1n) is 7.80. The van der Waals surface area contributed by atoms with E-state index in [4.69, 9.17) is 0 Å². The molecule has 19 heavy (non-hydrogen) atoms. The Morgan fingerprint density at radius 3 is 3.00 bits per heavy atom. The van der Waals surface area contributed by atoms with Gasteiger partial charge in [-0.05, 0) is 44.8 Å². The first kappa shape index (κ1) is 14.5. The Hall–Kier alpha value is -0.860. The zero-order chi connectivity index (χ0) is 13.5. The van der Waals surface area contributed by atoms with Gasteiger partial charge in [-0.3, -0.25) is 4.90 Å².